The molecule has 0 fully saturated rings. The van der Waals surface area contributed by atoms with Crippen molar-refractivity contribution in [2.75, 3.05) is 4.90 Å². The van der Waals surface area contributed by atoms with Gasteiger partial charge in [0.15, 0.2) is 0 Å². The van der Waals surface area contributed by atoms with E-state index in [1.54, 1.807) is 0 Å². The highest BCUT2D eigenvalue weighted by atomic mass is 15.1. The first-order chi connectivity index (χ1) is 27.3. The average molecular weight is 701 g/mol. The van der Waals surface area contributed by atoms with Gasteiger partial charge in [-0.1, -0.05) is 170 Å². The van der Waals surface area contributed by atoms with E-state index in [9.17, 15) is 0 Å². The highest BCUT2D eigenvalue weighted by Crippen LogP contribution is 2.58. The molecular weight excluding hydrogens is 665 g/mol. The number of rotatable bonds is 6. The van der Waals surface area contributed by atoms with Gasteiger partial charge < -0.3 is 9.47 Å². The summed E-state index contributed by atoms with van der Waals surface area (Å²) in [5.41, 5.74) is 13.9. The lowest BCUT2D eigenvalue weighted by atomic mass is 9.67. The number of para-hydroxylation sites is 3. The second kappa shape index (κ2) is 12.5. The van der Waals surface area contributed by atoms with Crippen LogP contribution in [0.5, 0.6) is 0 Å². The summed E-state index contributed by atoms with van der Waals surface area (Å²) in [5.74, 6) is 0. The van der Waals surface area contributed by atoms with Gasteiger partial charge in [-0.3, -0.25) is 0 Å². The quantitative estimate of drug-likeness (QED) is 0.168. The molecule has 9 aromatic carbocycles. The fraction of sp³-hybridized carbons (Fsp3) is 0.0189. The van der Waals surface area contributed by atoms with E-state index in [1.807, 2.05) is 0 Å². The minimum Gasteiger partial charge on any atom is -0.310 e. The van der Waals surface area contributed by atoms with Crippen LogP contribution in [-0.4, -0.2) is 4.57 Å². The third-order valence-electron chi connectivity index (χ3n) is 11.6. The van der Waals surface area contributed by atoms with Gasteiger partial charge in [0.05, 0.1) is 22.1 Å². The molecule has 0 amide bonds. The van der Waals surface area contributed by atoms with Crippen LogP contribution in [0.25, 0.3) is 49.4 Å². The van der Waals surface area contributed by atoms with E-state index < -0.39 is 5.41 Å². The van der Waals surface area contributed by atoms with E-state index in [-0.39, 0.29) is 0 Å². The van der Waals surface area contributed by atoms with Crippen LogP contribution in [0.1, 0.15) is 22.3 Å². The smallest absolute Gasteiger partial charge is 0.0733 e. The minimum atomic E-state index is -0.553. The first-order valence-corrected chi connectivity index (χ1v) is 19.0. The lowest BCUT2D eigenvalue weighted by Gasteiger charge is -2.38. The van der Waals surface area contributed by atoms with Crippen LogP contribution in [0.2, 0.25) is 0 Å². The second-order valence-electron chi connectivity index (χ2n) is 14.5. The lowest BCUT2D eigenvalue weighted by molar-refractivity contribution is 0.768. The van der Waals surface area contributed by atoms with Crippen molar-refractivity contribution in [2.24, 2.45) is 0 Å². The Kier molecular flexibility index (Phi) is 7.11. The highest BCUT2D eigenvalue weighted by molar-refractivity contribution is 6.10. The zero-order chi connectivity index (χ0) is 36.3. The third-order valence-corrected chi connectivity index (χ3v) is 11.6. The molecule has 10 aromatic rings. The molecule has 11 rings (SSSR count). The van der Waals surface area contributed by atoms with E-state index in [4.69, 9.17) is 0 Å². The average Bonchev–Trinajstić information content (AvgIpc) is 3.75. The van der Waals surface area contributed by atoms with Crippen LogP contribution >= 0.6 is 0 Å². The predicted octanol–water partition coefficient (Wildman–Crippen LogP) is 13.8. The van der Waals surface area contributed by atoms with Crippen molar-refractivity contribution in [3.63, 3.8) is 0 Å². The number of aromatic nitrogens is 1. The van der Waals surface area contributed by atoms with Crippen molar-refractivity contribution in [1.29, 1.82) is 0 Å². The minimum absolute atomic E-state index is 0.553. The molecule has 0 unspecified atom stereocenters. The van der Waals surface area contributed by atoms with Crippen LogP contribution in [0.4, 0.5) is 17.1 Å². The zero-order valence-corrected chi connectivity index (χ0v) is 30.2. The molecule has 0 N–H and O–H groups in total. The van der Waals surface area contributed by atoms with Crippen LogP contribution in [0.15, 0.2) is 218 Å². The molecule has 55 heavy (non-hydrogen) atoms. The van der Waals surface area contributed by atoms with E-state index >= 15 is 0 Å². The van der Waals surface area contributed by atoms with Gasteiger partial charge in [-0.25, -0.2) is 0 Å². The molecule has 1 aromatic heterocycles. The van der Waals surface area contributed by atoms with Crippen molar-refractivity contribution in [1.82, 2.24) is 4.57 Å². The maximum Gasteiger partial charge on any atom is 0.0733 e. The van der Waals surface area contributed by atoms with E-state index in [0.717, 1.165) is 22.7 Å². The lowest BCUT2D eigenvalue weighted by Crippen LogP contribution is -2.30. The number of hydrogen-bond acceptors (Lipinski definition) is 1. The Morgan fingerprint density at radius 1 is 0.364 bits per heavy atom. The summed E-state index contributed by atoms with van der Waals surface area (Å²) in [5, 5.41) is 4.94. The molecular formula is C53H36N2. The normalized spacial score (nSPS) is 12.9. The molecule has 1 aliphatic carbocycles. The maximum absolute atomic E-state index is 2.46. The highest BCUT2D eigenvalue weighted by Gasteiger charge is 2.47. The predicted molar refractivity (Wildman–Crippen MR) is 230 cm³/mol. The molecule has 0 aliphatic heterocycles. The summed E-state index contributed by atoms with van der Waals surface area (Å²) in [6.45, 7) is 0. The number of benzene rings is 9. The van der Waals surface area contributed by atoms with Crippen LogP contribution in [-0.2, 0) is 5.41 Å². The van der Waals surface area contributed by atoms with Crippen LogP contribution < -0.4 is 4.90 Å². The first kappa shape index (κ1) is 31.4. The maximum atomic E-state index is 2.46. The van der Waals surface area contributed by atoms with E-state index in [2.05, 4.69) is 228 Å². The van der Waals surface area contributed by atoms with Gasteiger partial charge in [-0.15, -0.1) is 0 Å². The van der Waals surface area contributed by atoms with Crippen molar-refractivity contribution < 1.29 is 0 Å². The number of anilines is 3. The molecule has 0 saturated heterocycles. The third kappa shape index (κ3) is 4.68. The summed E-state index contributed by atoms with van der Waals surface area (Å²) in [7, 11) is 0. The van der Waals surface area contributed by atoms with Crippen molar-refractivity contribution in [3.05, 3.63) is 241 Å². The standard InChI is InChI=1S/C53H36N2/c1-3-19-39(20-4-1)53(47-26-12-9-23-43(47)44-24-10-13-27-48(44)53)49-28-14-16-30-51(49)54(40-21-5-2-6-22-40)42-33-34-46-45-25-11-15-29-50(45)55(52(46)36-42)41-32-31-37-17-7-8-18-38(37)35-41/h1-36H. The molecule has 0 spiro atoms. The van der Waals surface area contributed by atoms with Gasteiger partial charge in [0.2, 0.25) is 0 Å². The molecule has 0 bridgehead atoms. The first-order valence-electron chi connectivity index (χ1n) is 19.0. The molecule has 1 heterocycles. The van der Waals surface area contributed by atoms with Gasteiger partial charge in [-0.2, -0.15) is 0 Å². The molecule has 1 aliphatic rings. The Hall–Kier alpha value is -7.16. The van der Waals surface area contributed by atoms with Gasteiger partial charge in [0.25, 0.3) is 0 Å². The van der Waals surface area contributed by atoms with Crippen molar-refractivity contribution in [3.8, 4) is 16.8 Å². The molecule has 2 nitrogen and oxygen atoms in total. The zero-order valence-electron chi connectivity index (χ0n) is 30.2. The fourth-order valence-electron chi connectivity index (χ4n) is 9.36. The Morgan fingerprint density at radius 2 is 0.945 bits per heavy atom. The molecule has 2 heteroatoms. The monoisotopic (exact) mass is 700 g/mol. The summed E-state index contributed by atoms with van der Waals surface area (Å²) < 4.78 is 2.44. The molecule has 0 atom stereocenters. The summed E-state index contributed by atoms with van der Waals surface area (Å²) in [6, 6.07) is 80.1. The van der Waals surface area contributed by atoms with Gasteiger partial charge in [0, 0.05) is 27.8 Å². The summed E-state index contributed by atoms with van der Waals surface area (Å²) in [6.07, 6.45) is 0. The Balaban J connectivity index is 1.21. The summed E-state index contributed by atoms with van der Waals surface area (Å²) >= 11 is 0. The van der Waals surface area contributed by atoms with Gasteiger partial charge in [0.1, 0.15) is 0 Å². The topological polar surface area (TPSA) is 8.17 Å². The number of nitrogens with zero attached hydrogens (tertiary/aromatic N) is 2. The van der Waals surface area contributed by atoms with Gasteiger partial charge in [-0.05, 0) is 92.7 Å². The van der Waals surface area contributed by atoms with Gasteiger partial charge >= 0.3 is 0 Å². The number of hydrogen-bond donors (Lipinski definition) is 0. The van der Waals surface area contributed by atoms with E-state index in [1.165, 1.54) is 66.0 Å². The second-order valence-corrected chi connectivity index (χ2v) is 14.5. The van der Waals surface area contributed by atoms with Crippen molar-refractivity contribution in [2.45, 2.75) is 5.41 Å². The van der Waals surface area contributed by atoms with E-state index in [0.29, 0.717) is 0 Å². The molecule has 0 saturated carbocycles. The number of fused-ring (bicyclic) bond motifs is 7. The van der Waals surface area contributed by atoms with Crippen molar-refractivity contribution >= 4 is 49.6 Å². The Labute approximate surface area is 320 Å². The SMILES string of the molecule is c1ccc(N(c2ccc3c4ccccc4n(-c4ccc5ccccc5c4)c3c2)c2ccccc2C2(c3ccccc3)c3ccccc3-c3ccccc32)cc1. The summed E-state index contributed by atoms with van der Waals surface area (Å²) in [4.78, 5) is 2.46. The van der Waals surface area contributed by atoms with Crippen LogP contribution in [0, 0.1) is 0 Å². The largest absolute Gasteiger partial charge is 0.310 e. The molecule has 0 radical (unpaired) electrons. The fourth-order valence-corrected chi connectivity index (χ4v) is 9.36. The van der Waals surface area contributed by atoms with Crippen LogP contribution in [0.3, 0.4) is 0 Å². The Bertz CT molecular complexity index is 3000. The molecule has 258 valence electrons. The Morgan fingerprint density at radius 3 is 1.71 bits per heavy atom.